The first-order chi connectivity index (χ1) is 17.1. The fourth-order valence-electron chi connectivity index (χ4n) is 5.25. The number of carbonyl (C=O) groups is 2. The summed E-state index contributed by atoms with van der Waals surface area (Å²) in [7, 11) is 1.61. The van der Waals surface area contributed by atoms with Crippen LogP contribution in [0.3, 0.4) is 0 Å². The van der Waals surface area contributed by atoms with Crippen LogP contribution < -0.4 is 9.80 Å². The SMILES string of the molecule is COC[C@@H]1COC(=O)N1c1ccc(C(=O)N2CCN(c3ncc(C4CC4)cc3C3CC3)CC2)cc1. The van der Waals surface area contributed by atoms with Crippen molar-refractivity contribution in [3.8, 4) is 0 Å². The molecule has 1 aromatic heterocycles. The van der Waals surface area contributed by atoms with Gasteiger partial charge in [-0.25, -0.2) is 9.78 Å². The van der Waals surface area contributed by atoms with E-state index in [1.54, 1.807) is 24.1 Å². The number of methoxy groups -OCH3 is 1. The maximum atomic E-state index is 13.2. The van der Waals surface area contributed by atoms with Crippen LogP contribution in [-0.4, -0.2) is 74.4 Å². The topological polar surface area (TPSA) is 75.2 Å². The molecule has 0 spiro atoms. The fraction of sp³-hybridized carbons (Fsp3) is 0.519. The molecule has 2 amide bonds. The van der Waals surface area contributed by atoms with E-state index in [-0.39, 0.29) is 18.0 Å². The van der Waals surface area contributed by atoms with Crippen LogP contribution in [0.15, 0.2) is 36.5 Å². The first-order valence-corrected chi connectivity index (χ1v) is 12.7. The minimum Gasteiger partial charge on any atom is -0.447 e. The molecule has 4 fully saturated rings. The van der Waals surface area contributed by atoms with Gasteiger partial charge < -0.3 is 19.3 Å². The Labute approximate surface area is 205 Å². The highest BCUT2D eigenvalue weighted by molar-refractivity contribution is 5.96. The van der Waals surface area contributed by atoms with Crippen molar-refractivity contribution < 1.29 is 19.1 Å². The van der Waals surface area contributed by atoms with Crippen LogP contribution in [0.5, 0.6) is 0 Å². The maximum Gasteiger partial charge on any atom is 0.414 e. The molecule has 1 aromatic carbocycles. The summed E-state index contributed by atoms with van der Waals surface area (Å²) in [5.41, 5.74) is 4.16. The highest BCUT2D eigenvalue weighted by Gasteiger charge is 2.35. The molecule has 8 nitrogen and oxygen atoms in total. The first kappa shape index (κ1) is 22.3. The Kier molecular flexibility index (Phi) is 5.84. The number of hydrogen-bond acceptors (Lipinski definition) is 6. The van der Waals surface area contributed by atoms with Crippen LogP contribution in [0.25, 0.3) is 0 Å². The largest absolute Gasteiger partial charge is 0.447 e. The highest BCUT2D eigenvalue weighted by atomic mass is 16.6. The van der Waals surface area contributed by atoms with E-state index in [0.717, 1.165) is 24.8 Å². The molecule has 0 radical (unpaired) electrons. The average Bonchev–Trinajstić information content (AvgIpc) is 3.82. The van der Waals surface area contributed by atoms with Crippen molar-refractivity contribution in [1.29, 1.82) is 0 Å². The number of carbonyl (C=O) groups excluding carboxylic acids is 2. The summed E-state index contributed by atoms with van der Waals surface area (Å²) in [5, 5.41) is 0. The first-order valence-electron chi connectivity index (χ1n) is 12.7. The van der Waals surface area contributed by atoms with Crippen LogP contribution in [0, 0.1) is 0 Å². The number of anilines is 2. The van der Waals surface area contributed by atoms with Crippen molar-refractivity contribution >= 4 is 23.5 Å². The number of piperazine rings is 1. The minimum absolute atomic E-state index is 0.0214. The van der Waals surface area contributed by atoms with Crippen molar-refractivity contribution in [2.45, 2.75) is 43.6 Å². The molecule has 184 valence electrons. The number of benzene rings is 1. The maximum absolute atomic E-state index is 13.2. The zero-order valence-electron chi connectivity index (χ0n) is 20.2. The van der Waals surface area contributed by atoms with Crippen molar-refractivity contribution in [2.24, 2.45) is 0 Å². The van der Waals surface area contributed by atoms with Crippen LogP contribution in [0.1, 0.15) is 59.0 Å². The molecule has 2 saturated carbocycles. The number of aromatic nitrogens is 1. The molecule has 2 aromatic rings. The van der Waals surface area contributed by atoms with E-state index in [4.69, 9.17) is 14.5 Å². The van der Waals surface area contributed by atoms with Gasteiger partial charge in [0.15, 0.2) is 0 Å². The average molecular weight is 477 g/mol. The van der Waals surface area contributed by atoms with Gasteiger partial charge in [-0.1, -0.05) is 6.07 Å². The molecule has 2 saturated heterocycles. The summed E-state index contributed by atoms with van der Waals surface area (Å²) in [6.07, 6.45) is 6.81. The van der Waals surface area contributed by atoms with E-state index in [2.05, 4.69) is 17.2 Å². The number of hydrogen-bond donors (Lipinski definition) is 0. The van der Waals surface area contributed by atoms with E-state index in [1.807, 2.05) is 17.0 Å². The quantitative estimate of drug-likeness (QED) is 0.606. The van der Waals surface area contributed by atoms with Gasteiger partial charge in [-0.3, -0.25) is 9.69 Å². The molecule has 2 aliphatic carbocycles. The van der Waals surface area contributed by atoms with Gasteiger partial charge in [0.2, 0.25) is 0 Å². The summed E-state index contributed by atoms with van der Waals surface area (Å²) < 4.78 is 10.4. The smallest absolute Gasteiger partial charge is 0.414 e. The van der Waals surface area contributed by atoms with Crippen LogP contribution >= 0.6 is 0 Å². The number of rotatable bonds is 7. The Bertz CT molecular complexity index is 1100. The van der Waals surface area contributed by atoms with E-state index in [9.17, 15) is 9.59 Å². The number of amides is 2. The summed E-state index contributed by atoms with van der Waals surface area (Å²) in [5.74, 6) is 2.52. The van der Waals surface area contributed by atoms with Crippen molar-refractivity contribution in [3.63, 3.8) is 0 Å². The molecular weight excluding hydrogens is 444 g/mol. The van der Waals surface area contributed by atoms with Gasteiger partial charge in [-0.05, 0) is 72.9 Å². The number of ether oxygens (including phenoxy) is 2. The standard InChI is InChI=1S/C27H32N4O4/c1-34-16-23-17-35-27(33)31(23)22-8-6-20(7-9-22)26(32)30-12-10-29(11-13-30)25-24(19-4-5-19)14-21(15-28-25)18-2-3-18/h6-9,14-15,18-19,23H,2-5,10-13,16-17H2,1H3/t23-/m1/s1. The molecule has 0 unspecified atom stereocenters. The highest BCUT2D eigenvalue weighted by Crippen LogP contribution is 2.47. The third-order valence-corrected chi connectivity index (χ3v) is 7.56. The monoisotopic (exact) mass is 476 g/mol. The second kappa shape index (κ2) is 9.15. The van der Waals surface area contributed by atoms with E-state index < -0.39 is 0 Å². The Balaban J connectivity index is 1.10. The van der Waals surface area contributed by atoms with Crippen molar-refractivity contribution in [2.75, 3.05) is 56.3 Å². The zero-order chi connectivity index (χ0) is 23.9. The van der Waals surface area contributed by atoms with E-state index >= 15 is 0 Å². The van der Waals surface area contributed by atoms with Gasteiger partial charge in [0.1, 0.15) is 12.4 Å². The lowest BCUT2D eigenvalue weighted by Gasteiger charge is -2.36. The summed E-state index contributed by atoms with van der Waals surface area (Å²) in [6, 6.07) is 9.46. The normalized spacial score (nSPS) is 22.5. The van der Waals surface area contributed by atoms with E-state index in [1.165, 1.54) is 36.8 Å². The number of nitrogens with zero attached hydrogens (tertiary/aromatic N) is 4. The molecule has 35 heavy (non-hydrogen) atoms. The molecule has 3 heterocycles. The van der Waals surface area contributed by atoms with Crippen molar-refractivity contribution in [3.05, 3.63) is 53.2 Å². The second-order valence-corrected chi connectivity index (χ2v) is 10.1. The Morgan fingerprint density at radius 2 is 1.77 bits per heavy atom. The lowest BCUT2D eigenvalue weighted by molar-refractivity contribution is 0.0746. The van der Waals surface area contributed by atoms with Crippen LogP contribution in [0.2, 0.25) is 0 Å². The van der Waals surface area contributed by atoms with Crippen LogP contribution in [-0.2, 0) is 9.47 Å². The molecule has 0 N–H and O–H groups in total. The van der Waals surface area contributed by atoms with Gasteiger partial charge in [-0.15, -0.1) is 0 Å². The van der Waals surface area contributed by atoms with Gasteiger partial charge in [0, 0.05) is 50.7 Å². The lowest BCUT2D eigenvalue weighted by Crippen LogP contribution is -2.49. The third-order valence-electron chi connectivity index (χ3n) is 7.56. The summed E-state index contributed by atoms with van der Waals surface area (Å²) in [6.45, 7) is 3.63. The van der Waals surface area contributed by atoms with Crippen molar-refractivity contribution in [1.82, 2.24) is 9.88 Å². The molecule has 4 aliphatic rings. The molecule has 1 atom stereocenters. The van der Waals surface area contributed by atoms with E-state index in [0.29, 0.717) is 43.5 Å². The van der Waals surface area contributed by atoms with Crippen LogP contribution in [0.4, 0.5) is 16.3 Å². The minimum atomic E-state index is -0.383. The fourth-order valence-corrected chi connectivity index (χ4v) is 5.25. The van der Waals surface area contributed by atoms with Gasteiger partial charge in [-0.2, -0.15) is 0 Å². The number of cyclic esters (lactones) is 1. The molecule has 8 heteroatoms. The Hall–Kier alpha value is -3.13. The molecule has 0 bridgehead atoms. The molecular formula is C27H32N4O4. The predicted molar refractivity (Wildman–Crippen MR) is 132 cm³/mol. The second-order valence-electron chi connectivity index (χ2n) is 10.1. The van der Waals surface area contributed by atoms with Gasteiger partial charge >= 0.3 is 6.09 Å². The summed E-state index contributed by atoms with van der Waals surface area (Å²) >= 11 is 0. The summed E-state index contributed by atoms with van der Waals surface area (Å²) in [4.78, 5) is 36.1. The molecule has 6 rings (SSSR count). The third kappa shape index (κ3) is 4.47. The Morgan fingerprint density at radius 3 is 2.43 bits per heavy atom. The predicted octanol–water partition coefficient (Wildman–Crippen LogP) is 3.77. The number of pyridine rings is 1. The lowest BCUT2D eigenvalue weighted by atomic mass is 10.1. The molecule has 2 aliphatic heterocycles. The Morgan fingerprint density at radius 1 is 1.06 bits per heavy atom. The van der Waals surface area contributed by atoms with Gasteiger partial charge in [0.05, 0.1) is 12.6 Å². The zero-order valence-corrected chi connectivity index (χ0v) is 20.2. The van der Waals surface area contributed by atoms with Gasteiger partial charge in [0.25, 0.3) is 5.91 Å².